The fourth-order valence-corrected chi connectivity index (χ4v) is 5.29. The topological polar surface area (TPSA) is 124 Å². The highest BCUT2D eigenvalue weighted by atomic mass is 32.2. The predicted octanol–water partition coefficient (Wildman–Crippen LogP) is 6.25. The van der Waals surface area contributed by atoms with Gasteiger partial charge in [-0.15, -0.1) is 11.8 Å². The number of para-hydroxylation sites is 1. The molecule has 0 aliphatic carbocycles. The van der Waals surface area contributed by atoms with Crippen LogP contribution < -0.4 is 34.9 Å². The van der Waals surface area contributed by atoms with Crippen LogP contribution in [0.15, 0.2) is 102 Å². The van der Waals surface area contributed by atoms with Gasteiger partial charge in [0, 0.05) is 27.8 Å². The van der Waals surface area contributed by atoms with Gasteiger partial charge in [0.25, 0.3) is 11.8 Å². The van der Waals surface area contributed by atoms with Gasteiger partial charge in [0.2, 0.25) is 5.91 Å². The zero-order valence-corrected chi connectivity index (χ0v) is 26.9. The van der Waals surface area contributed by atoms with Crippen molar-refractivity contribution in [1.82, 2.24) is 5.32 Å². The largest absolute Gasteiger partial charge is 0.497 e. The molecule has 0 heterocycles. The van der Waals surface area contributed by atoms with Crippen molar-refractivity contribution in [2.45, 2.75) is 17.1 Å². The van der Waals surface area contributed by atoms with Crippen molar-refractivity contribution in [2.24, 2.45) is 0 Å². The quantitative estimate of drug-likeness (QED) is 0.116. The lowest BCUT2D eigenvalue weighted by Gasteiger charge is -2.16. The van der Waals surface area contributed by atoms with E-state index in [0.717, 1.165) is 4.90 Å². The van der Waals surface area contributed by atoms with E-state index in [0.29, 0.717) is 45.5 Å². The van der Waals surface area contributed by atoms with Crippen LogP contribution in [0.5, 0.6) is 23.0 Å². The third-order valence-electron chi connectivity index (χ3n) is 6.70. The minimum absolute atomic E-state index is 0.0142. The molecule has 0 aliphatic heterocycles. The lowest BCUT2D eigenvalue weighted by molar-refractivity contribution is -0.115. The second kappa shape index (κ2) is 16.1. The number of amides is 3. The van der Waals surface area contributed by atoms with Crippen molar-refractivity contribution >= 4 is 46.9 Å². The number of rotatable bonds is 13. The van der Waals surface area contributed by atoms with Crippen LogP contribution in [-0.4, -0.2) is 51.4 Å². The minimum atomic E-state index is -0.561. The zero-order chi connectivity index (χ0) is 33.1. The standard InChI is InChI=1S/C35H35N3O7S/c1-22(33(39)37-28-18-17-26(42-2)21-31(28)44-4)46-27-15-10-14-25(20-27)36-35(41)29(38-34(40)23-11-7-6-8-12-23)19-24-13-9-16-30(43-3)32(24)45-5/h6-22H,1-5H3,(H,36,41)(H,37,39)(H,38,40)/b29-19+. The Morgan fingerprint density at radius 2 is 1.48 bits per heavy atom. The SMILES string of the molecule is COc1ccc(NC(=O)C(C)Sc2cccc(NC(=O)/C(=C\c3cccc(OC)c3OC)NC(=O)c3ccccc3)c2)c(OC)c1. The molecule has 0 saturated heterocycles. The molecule has 3 amide bonds. The van der Waals surface area contributed by atoms with E-state index in [4.69, 9.17) is 18.9 Å². The van der Waals surface area contributed by atoms with E-state index in [1.165, 1.54) is 39.2 Å². The maximum Gasteiger partial charge on any atom is 0.272 e. The number of hydrogen-bond acceptors (Lipinski definition) is 8. The number of ether oxygens (including phenoxy) is 4. The second-order valence-electron chi connectivity index (χ2n) is 9.76. The molecule has 0 aromatic heterocycles. The van der Waals surface area contributed by atoms with Gasteiger partial charge in [0.15, 0.2) is 11.5 Å². The summed E-state index contributed by atoms with van der Waals surface area (Å²) in [5, 5.41) is 7.99. The number of carbonyl (C=O) groups is 3. The molecule has 1 unspecified atom stereocenters. The average Bonchev–Trinajstić information content (AvgIpc) is 3.08. The summed E-state index contributed by atoms with van der Waals surface area (Å²) in [6, 6.07) is 26.0. The zero-order valence-electron chi connectivity index (χ0n) is 26.1. The summed E-state index contributed by atoms with van der Waals surface area (Å²) in [5.41, 5.74) is 1.89. The highest BCUT2D eigenvalue weighted by Gasteiger charge is 2.19. The Kier molecular flexibility index (Phi) is 11.7. The van der Waals surface area contributed by atoms with Gasteiger partial charge in [0.05, 0.1) is 39.4 Å². The van der Waals surface area contributed by atoms with Crippen LogP contribution in [0.25, 0.3) is 6.08 Å². The molecular formula is C35H35N3O7S. The summed E-state index contributed by atoms with van der Waals surface area (Å²) in [7, 11) is 6.08. The Morgan fingerprint density at radius 1 is 0.739 bits per heavy atom. The first-order chi connectivity index (χ1) is 22.3. The number of hydrogen-bond donors (Lipinski definition) is 3. The number of carbonyl (C=O) groups excluding carboxylic acids is 3. The third-order valence-corrected chi connectivity index (χ3v) is 7.80. The molecule has 0 aliphatic rings. The first-order valence-electron chi connectivity index (χ1n) is 14.2. The Hall–Kier alpha value is -5.42. The Balaban J connectivity index is 1.53. The molecule has 10 nitrogen and oxygen atoms in total. The number of methoxy groups -OCH3 is 4. The summed E-state index contributed by atoms with van der Waals surface area (Å²) in [6.45, 7) is 1.78. The molecule has 0 saturated carbocycles. The first kappa shape index (κ1) is 33.5. The van der Waals surface area contributed by atoms with Crippen molar-refractivity contribution < 1.29 is 33.3 Å². The van der Waals surface area contributed by atoms with Gasteiger partial charge >= 0.3 is 0 Å². The Labute approximate surface area is 272 Å². The molecule has 4 aromatic rings. The van der Waals surface area contributed by atoms with Crippen LogP contribution in [-0.2, 0) is 9.59 Å². The molecular weight excluding hydrogens is 606 g/mol. The third kappa shape index (κ3) is 8.60. The second-order valence-corrected chi connectivity index (χ2v) is 11.2. The minimum Gasteiger partial charge on any atom is -0.497 e. The molecule has 4 aromatic carbocycles. The summed E-state index contributed by atoms with van der Waals surface area (Å²) in [6.07, 6.45) is 1.52. The van der Waals surface area contributed by atoms with Crippen LogP contribution in [0.4, 0.5) is 11.4 Å². The van der Waals surface area contributed by atoms with E-state index < -0.39 is 17.1 Å². The summed E-state index contributed by atoms with van der Waals surface area (Å²) < 4.78 is 21.5. The molecule has 0 spiro atoms. The molecule has 0 bridgehead atoms. The molecule has 0 fully saturated rings. The predicted molar refractivity (Wildman–Crippen MR) is 180 cm³/mol. The van der Waals surface area contributed by atoms with E-state index in [2.05, 4.69) is 16.0 Å². The molecule has 3 N–H and O–H groups in total. The van der Waals surface area contributed by atoms with Gasteiger partial charge in [0.1, 0.15) is 17.2 Å². The number of nitrogens with one attached hydrogen (secondary N) is 3. The summed E-state index contributed by atoms with van der Waals surface area (Å²) in [5.74, 6) is 0.709. The first-order valence-corrected chi connectivity index (χ1v) is 15.0. The van der Waals surface area contributed by atoms with Crippen molar-refractivity contribution in [3.05, 3.63) is 108 Å². The summed E-state index contributed by atoms with van der Waals surface area (Å²) >= 11 is 1.32. The van der Waals surface area contributed by atoms with Crippen LogP contribution in [0.3, 0.4) is 0 Å². The van der Waals surface area contributed by atoms with Gasteiger partial charge in [-0.05, 0) is 61.5 Å². The monoisotopic (exact) mass is 641 g/mol. The summed E-state index contributed by atoms with van der Waals surface area (Å²) in [4.78, 5) is 40.5. The number of benzene rings is 4. The average molecular weight is 642 g/mol. The van der Waals surface area contributed by atoms with Crippen LogP contribution in [0, 0.1) is 0 Å². The van der Waals surface area contributed by atoms with Crippen molar-refractivity contribution in [1.29, 1.82) is 0 Å². The van der Waals surface area contributed by atoms with Crippen molar-refractivity contribution in [2.75, 3.05) is 39.1 Å². The smallest absolute Gasteiger partial charge is 0.272 e. The maximum atomic E-state index is 13.6. The van der Waals surface area contributed by atoms with Gasteiger partial charge in [-0.25, -0.2) is 0 Å². The van der Waals surface area contributed by atoms with Crippen molar-refractivity contribution in [3.63, 3.8) is 0 Å². The fraction of sp³-hybridized carbons (Fsp3) is 0.171. The van der Waals surface area contributed by atoms with Gasteiger partial charge in [-0.2, -0.15) is 0 Å². The molecule has 238 valence electrons. The van der Waals surface area contributed by atoms with Crippen LogP contribution in [0.1, 0.15) is 22.8 Å². The van der Waals surface area contributed by atoms with Crippen LogP contribution in [0.2, 0.25) is 0 Å². The van der Waals surface area contributed by atoms with Crippen LogP contribution >= 0.6 is 11.8 Å². The van der Waals surface area contributed by atoms with E-state index in [1.807, 2.05) is 6.07 Å². The molecule has 1 atom stereocenters. The van der Waals surface area contributed by atoms with E-state index in [1.54, 1.807) is 99.0 Å². The molecule has 0 radical (unpaired) electrons. The molecule has 4 rings (SSSR count). The normalized spacial score (nSPS) is 11.5. The Bertz CT molecular complexity index is 1730. The lowest BCUT2D eigenvalue weighted by atomic mass is 10.1. The lowest BCUT2D eigenvalue weighted by Crippen LogP contribution is -2.30. The Morgan fingerprint density at radius 3 is 2.17 bits per heavy atom. The maximum absolute atomic E-state index is 13.6. The van der Waals surface area contributed by atoms with E-state index in [-0.39, 0.29) is 11.6 Å². The van der Waals surface area contributed by atoms with Crippen molar-refractivity contribution in [3.8, 4) is 23.0 Å². The fourth-order valence-electron chi connectivity index (χ4n) is 4.36. The van der Waals surface area contributed by atoms with Gasteiger partial charge in [-0.3, -0.25) is 14.4 Å². The van der Waals surface area contributed by atoms with E-state index >= 15 is 0 Å². The molecule has 46 heavy (non-hydrogen) atoms. The number of thioether (sulfide) groups is 1. The highest BCUT2D eigenvalue weighted by molar-refractivity contribution is 8.00. The highest BCUT2D eigenvalue weighted by Crippen LogP contribution is 2.33. The van der Waals surface area contributed by atoms with Gasteiger partial charge in [-0.1, -0.05) is 36.4 Å². The van der Waals surface area contributed by atoms with E-state index in [9.17, 15) is 14.4 Å². The number of anilines is 2. The van der Waals surface area contributed by atoms with Gasteiger partial charge < -0.3 is 34.9 Å². The molecule has 11 heteroatoms.